The summed E-state index contributed by atoms with van der Waals surface area (Å²) in [4.78, 5) is 28.1. The van der Waals surface area contributed by atoms with Gasteiger partial charge in [0.2, 0.25) is 11.8 Å². The number of carbonyl (C=O) groups excluding carboxylic acids is 2. The fourth-order valence-corrected chi connectivity index (χ4v) is 3.02. The molecule has 0 spiro atoms. The molecule has 6 nitrogen and oxygen atoms in total. The molecule has 6 heteroatoms. The van der Waals surface area contributed by atoms with Crippen molar-refractivity contribution in [3.05, 3.63) is 42.0 Å². The van der Waals surface area contributed by atoms with Crippen molar-refractivity contribution in [3.63, 3.8) is 0 Å². The molecule has 1 N–H and O–H groups in total. The Labute approximate surface area is 167 Å². The van der Waals surface area contributed by atoms with Crippen LogP contribution in [0.5, 0.6) is 5.75 Å². The Morgan fingerprint density at radius 3 is 2.39 bits per heavy atom. The highest BCUT2D eigenvalue weighted by molar-refractivity contribution is 5.85. The largest absolute Gasteiger partial charge is 0.497 e. The van der Waals surface area contributed by atoms with Crippen LogP contribution < -0.4 is 10.1 Å². The molecule has 0 heterocycles. The fourth-order valence-electron chi connectivity index (χ4n) is 3.02. The molecule has 0 aliphatic rings. The molecule has 0 atom stereocenters. The standard InChI is InChI=1S/C22H31N3O3/c1-6-25(14-21(26)23-16(2)3)15-22(27)24(4)13-17-7-8-19-12-20(28-5)10-9-18(19)11-17/h7-12,16H,6,13-15H2,1-5H3,(H,23,26). The van der Waals surface area contributed by atoms with Crippen molar-refractivity contribution in [2.24, 2.45) is 0 Å². The molecule has 0 aromatic heterocycles. The predicted octanol–water partition coefficient (Wildman–Crippen LogP) is 2.65. The number of ether oxygens (including phenoxy) is 1. The number of benzene rings is 2. The molecule has 2 rings (SSSR count). The molecule has 0 bridgehead atoms. The van der Waals surface area contributed by atoms with Gasteiger partial charge in [-0.3, -0.25) is 14.5 Å². The highest BCUT2D eigenvalue weighted by atomic mass is 16.5. The van der Waals surface area contributed by atoms with Gasteiger partial charge in [0.25, 0.3) is 0 Å². The van der Waals surface area contributed by atoms with Crippen LogP contribution in [0.15, 0.2) is 36.4 Å². The van der Waals surface area contributed by atoms with E-state index in [-0.39, 0.29) is 30.9 Å². The van der Waals surface area contributed by atoms with E-state index in [0.29, 0.717) is 13.1 Å². The van der Waals surface area contributed by atoms with E-state index in [9.17, 15) is 9.59 Å². The van der Waals surface area contributed by atoms with Gasteiger partial charge in [0, 0.05) is 19.6 Å². The van der Waals surface area contributed by atoms with Crippen LogP contribution in [-0.2, 0) is 16.1 Å². The Balaban J connectivity index is 1.97. The normalized spacial score (nSPS) is 11.1. The van der Waals surface area contributed by atoms with Gasteiger partial charge >= 0.3 is 0 Å². The Morgan fingerprint density at radius 2 is 1.75 bits per heavy atom. The van der Waals surface area contributed by atoms with Gasteiger partial charge in [-0.2, -0.15) is 0 Å². The second-order valence-electron chi connectivity index (χ2n) is 7.32. The number of rotatable bonds is 9. The van der Waals surface area contributed by atoms with E-state index < -0.39 is 0 Å². The van der Waals surface area contributed by atoms with Crippen LogP contribution in [-0.4, -0.2) is 61.4 Å². The van der Waals surface area contributed by atoms with Gasteiger partial charge in [-0.05, 0) is 54.9 Å². The summed E-state index contributed by atoms with van der Waals surface area (Å²) >= 11 is 0. The lowest BCUT2D eigenvalue weighted by Crippen LogP contribution is -2.44. The zero-order valence-electron chi connectivity index (χ0n) is 17.5. The van der Waals surface area contributed by atoms with E-state index in [4.69, 9.17) is 4.74 Å². The van der Waals surface area contributed by atoms with Crippen LogP contribution in [0.1, 0.15) is 26.3 Å². The first-order valence-corrected chi connectivity index (χ1v) is 9.64. The third-order valence-corrected chi connectivity index (χ3v) is 4.58. The van der Waals surface area contributed by atoms with E-state index in [2.05, 4.69) is 11.4 Å². The SMILES string of the molecule is CCN(CC(=O)NC(C)C)CC(=O)N(C)Cc1ccc2cc(OC)ccc2c1. The second-order valence-corrected chi connectivity index (χ2v) is 7.32. The minimum atomic E-state index is -0.0581. The maximum Gasteiger partial charge on any atom is 0.236 e. The van der Waals surface area contributed by atoms with Gasteiger partial charge in [0.1, 0.15) is 5.75 Å². The molecule has 2 amide bonds. The summed E-state index contributed by atoms with van der Waals surface area (Å²) in [6.45, 7) is 7.42. The molecule has 0 radical (unpaired) electrons. The smallest absolute Gasteiger partial charge is 0.236 e. The Hall–Kier alpha value is -2.60. The van der Waals surface area contributed by atoms with Crippen molar-refractivity contribution in [3.8, 4) is 5.75 Å². The number of likely N-dealkylation sites (N-methyl/N-ethyl adjacent to an activating group) is 2. The van der Waals surface area contributed by atoms with Crippen molar-refractivity contribution >= 4 is 22.6 Å². The van der Waals surface area contributed by atoms with Crippen molar-refractivity contribution in [1.82, 2.24) is 15.1 Å². The lowest BCUT2D eigenvalue weighted by molar-refractivity contribution is -0.132. The molecule has 152 valence electrons. The van der Waals surface area contributed by atoms with Crippen molar-refractivity contribution < 1.29 is 14.3 Å². The first-order valence-electron chi connectivity index (χ1n) is 9.64. The molecule has 0 saturated carbocycles. The molecule has 2 aromatic carbocycles. The van der Waals surface area contributed by atoms with Crippen LogP contribution in [0.2, 0.25) is 0 Å². The Kier molecular flexibility index (Phi) is 7.81. The summed E-state index contributed by atoms with van der Waals surface area (Å²) in [6, 6.07) is 12.2. The van der Waals surface area contributed by atoms with Crippen LogP contribution >= 0.6 is 0 Å². The zero-order chi connectivity index (χ0) is 20.7. The minimum absolute atomic E-state index is 0.00553. The average Bonchev–Trinajstić information content (AvgIpc) is 2.66. The number of methoxy groups -OCH3 is 1. The van der Waals surface area contributed by atoms with Gasteiger partial charge in [-0.1, -0.05) is 25.1 Å². The van der Waals surface area contributed by atoms with E-state index in [1.54, 1.807) is 19.1 Å². The molecular weight excluding hydrogens is 354 g/mol. The first-order chi connectivity index (χ1) is 13.3. The monoisotopic (exact) mass is 385 g/mol. The molecular formula is C22H31N3O3. The van der Waals surface area contributed by atoms with Gasteiger partial charge < -0.3 is 15.0 Å². The summed E-state index contributed by atoms with van der Waals surface area (Å²) in [5.74, 6) is 0.764. The second kappa shape index (κ2) is 10.1. The van der Waals surface area contributed by atoms with E-state index >= 15 is 0 Å². The number of nitrogens with zero attached hydrogens (tertiary/aromatic N) is 2. The molecule has 0 saturated heterocycles. The number of hydrogen-bond acceptors (Lipinski definition) is 4. The van der Waals surface area contributed by atoms with Gasteiger partial charge in [-0.25, -0.2) is 0 Å². The maximum atomic E-state index is 12.6. The van der Waals surface area contributed by atoms with E-state index in [1.807, 2.05) is 56.0 Å². The Morgan fingerprint density at radius 1 is 1.07 bits per heavy atom. The number of nitrogens with one attached hydrogen (secondary N) is 1. The average molecular weight is 386 g/mol. The van der Waals surface area contributed by atoms with E-state index in [1.165, 1.54) is 0 Å². The fraction of sp³-hybridized carbons (Fsp3) is 0.455. The number of carbonyl (C=O) groups is 2. The van der Waals surface area contributed by atoms with Gasteiger partial charge in [-0.15, -0.1) is 0 Å². The van der Waals surface area contributed by atoms with Crippen LogP contribution in [0, 0.1) is 0 Å². The third kappa shape index (κ3) is 6.23. The van der Waals surface area contributed by atoms with Crippen LogP contribution in [0.25, 0.3) is 10.8 Å². The summed E-state index contributed by atoms with van der Waals surface area (Å²) < 4.78 is 5.26. The molecule has 2 aromatic rings. The van der Waals surface area contributed by atoms with E-state index in [0.717, 1.165) is 22.1 Å². The highest BCUT2D eigenvalue weighted by Crippen LogP contribution is 2.22. The zero-order valence-corrected chi connectivity index (χ0v) is 17.5. The summed E-state index contributed by atoms with van der Waals surface area (Å²) in [5, 5.41) is 5.07. The molecule has 0 aliphatic carbocycles. The maximum absolute atomic E-state index is 12.6. The predicted molar refractivity (Wildman–Crippen MR) is 112 cm³/mol. The molecule has 0 fully saturated rings. The number of amides is 2. The molecule has 0 aliphatic heterocycles. The third-order valence-electron chi connectivity index (χ3n) is 4.58. The summed E-state index contributed by atoms with van der Waals surface area (Å²) in [7, 11) is 3.45. The summed E-state index contributed by atoms with van der Waals surface area (Å²) in [6.07, 6.45) is 0. The quantitative estimate of drug-likeness (QED) is 0.721. The molecule has 28 heavy (non-hydrogen) atoms. The van der Waals surface area contributed by atoms with Crippen LogP contribution in [0.3, 0.4) is 0 Å². The Bertz CT molecular complexity index is 820. The van der Waals surface area contributed by atoms with Crippen molar-refractivity contribution in [2.45, 2.75) is 33.4 Å². The van der Waals surface area contributed by atoms with Crippen LogP contribution in [0.4, 0.5) is 0 Å². The van der Waals surface area contributed by atoms with Crippen molar-refractivity contribution in [1.29, 1.82) is 0 Å². The topological polar surface area (TPSA) is 61.9 Å². The van der Waals surface area contributed by atoms with Crippen molar-refractivity contribution in [2.75, 3.05) is 33.8 Å². The number of fused-ring (bicyclic) bond motifs is 1. The highest BCUT2D eigenvalue weighted by Gasteiger charge is 2.16. The van der Waals surface area contributed by atoms with Gasteiger partial charge in [0.15, 0.2) is 0 Å². The van der Waals surface area contributed by atoms with Gasteiger partial charge in [0.05, 0.1) is 20.2 Å². The number of hydrogen-bond donors (Lipinski definition) is 1. The first kappa shape index (κ1) is 21.7. The lowest BCUT2D eigenvalue weighted by atomic mass is 10.1. The minimum Gasteiger partial charge on any atom is -0.497 e. The molecule has 0 unspecified atom stereocenters. The summed E-state index contributed by atoms with van der Waals surface area (Å²) in [5.41, 5.74) is 1.06. The lowest BCUT2D eigenvalue weighted by Gasteiger charge is -2.24.